The molecule has 2 aromatic rings. The summed E-state index contributed by atoms with van der Waals surface area (Å²) in [5.41, 5.74) is 0.996. The fourth-order valence-corrected chi connectivity index (χ4v) is 2.04. The minimum absolute atomic E-state index is 0.809. The van der Waals surface area contributed by atoms with E-state index < -0.39 is 0 Å². The van der Waals surface area contributed by atoms with Crippen molar-refractivity contribution in [2.45, 2.75) is 20.4 Å². The summed E-state index contributed by atoms with van der Waals surface area (Å²) in [5, 5.41) is 5.36. The molecule has 0 aromatic carbocycles. The number of hydrogen-bond donors (Lipinski definition) is 1. The fraction of sp³-hybridized carbons (Fsp3) is 0.273. The maximum atomic E-state index is 4.32. The smallest absolute Gasteiger partial charge is 0.130 e. The molecule has 0 amide bonds. The largest absolute Gasteiger partial charge is 0.365 e. The number of nitrogens with zero attached hydrogens (tertiary/aromatic N) is 2. The molecule has 0 unspecified atom stereocenters. The zero-order chi connectivity index (χ0) is 10.7. The van der Waals surface area contributed by atoms with Crippen molar-refractivity contribution < 1.29 is 0 Å². The SMILES string of the molecule is Cc1cc(NCc2cccs2)nc(C)n1. The Kier molecular flexibility index (Phi) is 2.97. The molecule has 0 atom stereocenters. The average Bonchev–Trinajstić information content (AvgIpc) is 2.65. The van der Waals surface area contributed by atoms with Crippen molar-refractivity contribution in [2.24, 2.45) is 0 Å². The summed E-state index contributed by atoms with van der Waals surface area (Å²) in [6, 6.07) is 6.12. The van der Waals surface area contributed by atoms with E-state index in [4.69, 9.17) is 0 Å². The van der Waals surface area contributed by atoms with Gasteiger partial charge in [-0.15, -0.1) is 11.3 Å². The summed E-state index contributed by atoms with van der Waals surface area (Å²) in [6.45, 7) is 4.71. The van der Waals surface area contributed by atoms with Crippen LogP contribution in [0.5, 0.6) is 0 Å². The number of aromatic nitrogens is 2. The van der Waals surface area contributed by atoms with Crippen LogP contribution in [-0.4, -0.2) is 9.97 Å². The van der Waals surface area contributed by atoms with Crippen molar-refractivity contribution in [1.29, 1.82) is 0 Å². The molecule has 2 heterocycles. The van der Waals surface area contributed by atoms with Crippen molar-refractivity contribution in [1.82, 2.24) is 9.97 Å². The molecule has 78 valence electrons. The lowest BCUT2D eigenvalue weighted by atomic mass is 10.4. The number of nitrogens with one attached hydrogen (secondary N) is 1. The topological polar surface area (TPSA) is 37.8 Å². The summed E-state index contributed by atoms with van der Waals surface area (Å²) in [5.74, 6) is 1.71. The molecule has 0 bridgehead atoms. The first-order chi connectivity index (χ1) is 7.24. The average molecular weight is 219 g/mol. The maximum absolute atomic E-state index is 4.32. The predicted octanol–water partition coefficient (Wildman–Crippen LogP) is 2.77. The third-order valence-electron chi connectivity index (χ3n) is 1.99. The molecule has 2 rings (SSSR count). The van der Waals surface area contributed by atoms with Crippen LogP contribution in [0.1, 0.15) is 16.4 Å². The van der Waals surface area contributed by atoms with Crippen LogP contribution in [0.15, 0.2) is 23.6 Å². The first-order valence-electron chi connectivity index (χ1n) is 4.82. The van der Waals surface area contributed by atoms with E-state index in [2.05, 4.69) is 32.8 Å². The van der Waals surface area contributed by atoms with E-state index in [1.54, 1.807) is 11.3 Å². The lowest BCUT2D eigenvalue weighted by molar-refractivity contribution is 0.996. The Bertz CT molecular complexity index is 417. The van der Waals surface area contributed by atoms with Gasteiger partial charge in [-0.3, -0.25) is 0 Å². The highest BCUT2D eigenvalue weighted by Gasteiger charge is 1.98. The van der Waals surface area contributed by atoms with E-state index in [1.165, 1.54) is 4.88 Å². The Morgan fingerprint density at radius 3 is 2.87 bits per heavy atom. The van der Waals surface area contributed by atoms with E-state index in [0.29, 0.717) is 0 Å². The van der Waals surface area contributed by atoms with E-state index in [1.807, 2.05) is 19.9 Å². The summed E-state index contributed by atoms with van der Waals surface area (Å²) in [4.78, 5) is 9.86. The number of aryl methyl sites for hydroxylation is 2. The van der Waals surface area contributed by atoms with E-state index in [-0.39, 0.29) is 0 Å². The van der Waals surface area contributed by atoms with Crippen molar-refractivity contribution in [2.75, 3.05) is 5.32 Å². The Hall–Kier alpha value is -1.42. The molecule has 0 saturated carbocycles. The quantitative estimate of drug-likeness (QED) is 0.862. The Morgan fingerprint density at radius 1 is 1.33 bits per heavy atom. The summed E-state index contributed by atoms with van der Waals surface area (Å²) >= 11 is 1.74. The number of thiophene rings is 1. The maximum Gasteiger partial charge on any atom is 0.130 e. The Balaban J connectivity index is 2.05. The predicted molar refractivity (Wildman–Crippen MR) is 63.2 cm³/mol. The number of rotatable bonds is 3. The molecule has 0 fully saturated rings. The van der Waals surface area contributed by atoms with Gasteiger partial charge in [0.2, 0.25) is 0 Å². The summed E-state index contributed by atoms with van der Waals surface area (Å²) in [7, 11) is 0. The van der Waals surface area contributed by atoms with E-state index in [0.717, 1.165) is 23.9 Å². The second kappa shape index (κ2) is 4.40. The van der Waals surface area contributed by atoms with Crippen LogP contribution in [0.2, 0.25) is 0 Å². The molecule has 4 heteroatoms. The zero-order valence-electron chi connectivity index (χ0n) is 8.82. The number of anilines is 1. The molecular weight excluding hydrogens is 206 g/mol. The molecule has 0 saturated heterocycles. The van der Waals surface area contributed by atoms with Gasteiger partial charge < -0.3 is 5.32 Å². The van der Waals surface area contributed by atoms with Crippen LogP contribution in [0.25, 0.3) is 0 Å². The molecule has 3 nitrogen and oxygen atoms in total. The molecule has 0 aliphatic carbocycles. The fourth-order valence-electron chi connectivity index (χ4n) is 1.40. The molecule has 15 heavy (non-hydrogen) atoms. The zero-order valence-corrected chi connectivity index (χ0v) is 9.64. The minimum Gasteiger partial charge on any atom is -0.365 e. The normalized spacial score (nSPS) is 10.3. The lowest BCUT2D eigenvalue weighted by Gasteiger charge is -2.05. The van der Waals surface area contributed by atoms with Crippen molar-refractivity contribution in [3.05, 3.63) is 40.0 Å². The highest BCUT2D eigenvalue weighted by molar-refractivity contribution is 7.09. The van der Waals surface area contributed by atoms with Gasteiger partial charge in [0.25, 0.3) is 0 Å². The Labute approximate surface area is 93.2 Å². The van der Waals surface area contributed by atoms with Gasteiger partial charge >= 0.3 is 0 Å². The second-order valence-corrected chi connectivity index (χ2v) is 4.41. The van der Waals surface area contributed by atoms with Gasteiger partial charge in [-0.1, -0.05) is 6.07 Å². The van der Waals surface area contributed by atoms with Crippen LogP contribution in [0.3, 0.4) is 0 Å². The van der Waals surface area contributed by atoms with Crippen LogP contribution in [0.4, 0.5) is 5.82 Å². The van der Waals surface area contributed by atoms with Gasteiger partial charge in [0.05, 0.1) is 6.54 Å². The standard InChI is InChI=1S/C11H13N3S/c1-8-6-11(14-9(2)13-8)12-7-10-4-3-5-15-10/h3-6H,7H2,1-2H3,(H,12,13,14). The van der Waals surface area contributed by atoms with Crippen molar-refractivity contribution in [3.63, 3.8) is 0 Å². The molecular formula is C11H13N3S. The van der Waals surface area contributed by atoms with Gasteiger partial charge in [0, 0.05) is 16.6 Å². The van der Waals surface area contributed by atoms with Gasteiger partial charge in [-0.2, -0.15) is 0 Å². The van der Waals surface area contributed by atoms with Crippen LogP contribution in [-0.2, 0) is 6.54 Å². The third kappa shape index (κ3) is 2.76. The van der Waals surface area contributed by atoms with Gasteiger partial charge in [-0.05, 0) is 25.3 Å². The third-order valence-corrected chi connectivity index (χ3v) is 2.87. The Morgan fingerprint density at radius 2 is 2.20 bits per heavy atom. The number of hydrogen-bond acceptors (Lipinski definition) is 4. The highest BCUT2D eigenvalue weighted by Crippen LogP contribution is 2.12. The highest BCUT2D eigenvalue weighted by atomic mass is 32.1. The molecule has 0 aliphatic rings. The van der Waals surface area contributed by atoms with Gasteiger partial charge in [0.1, 0.15) is 11.6 Å². The summed E-state index contributed by atoms with van der Waals surface area (Å²) in [6.07, 6.45) is 0. The minimum atomic E-state index is 0.809. The first-order valence-corrected chi connectivity index (χ1v) is 5.70. The monoisotopic (exact) mass is 219 g/mol. The van der Waals surface area contributed by atoms with Crippen LogP contribution < -0.4 is 5.32 Å². The molecule has 2 aromatic heterocycles. The van der Waals surface area contributed by atoms with E-state index in [9.17, 15) is 0 Å². The first kappa shape index (κ1) is 10.1. The van der Waals surface area contributed by atoms with E-state index >= 15 is 0 Å². The summed E-state index contributed by atoms with van der Waals surface area (Å²) < 4.78 is 0. The van der Waals surface area contributed by atoms with Crippen LogP contribution in [0, 0.1) is 13.8 Å². The molecule has 0 aliphatic heterocycles. The molecule has 1 N–H and O–H groups in total. The lowest BCUT2D eigenvalue weighted by Crippen LogP contribution is -2.02. The molecule has 0 spiro atoms. The second-order valence-electron chi connectivity index (χ2n) is 3.37. The van der Waals surface area contributed by atoms with Gasteiger partial charge in [0.15, 0.2) is 0 Å². The molecule has 0 radical (unpaired) electrons. The van der Waals surface area contributed by atoms with Crippen molar-refractivity contribution >= 4 is 17.2 Å². The van der Waals surface area contributed by atoms with Crippen molar-refractivity contribution in [3.8, 4) is 0 Å². The van der Waals surface area contributed by atoms with Gasteiger partial charge in [-0.25, -0.2) is 9.97 Å². The van der Waals surface area contributed by atoms with Crippen LogP contribution >= 0.6 is 11.3 Å².